The number of carboxylic acid groups (broad SMARTS) is 1. The van der Waals surface area contributed by atoms with Gasteiger partial charge in [-0.05, 0) is 30.2 Å². The van der Waals surface area contributed by atoms with Crippen LogP contribution in [0.2, 0.25) is 0 Å². The van der Waals surface area contributed by atoms with Crippen LogP contribution in [0.4, 0.5) is 0 Å². The molecule has 0 spiro atoms. The van der Waals surface area contributed by atoms with Gasteiger partial charge in [0, 0.05) is 0 Å². The number of benzene rings is 1. The third-order valence-corrected chi connectivity index (χ3v) is 4.97. The number of unbranched alkanes of at least 4 members (excludes halogenated alkanes) is 1. The minimum absolute atomic E-state index is 0.289. The summed E-state index contributed by atoms with van der Waals surface area (Å²) in [6, 6.07) is 6.38. The predicted octanol–water partition coefficient (Wildman–Crippen LogP) is 3.54. The van der Waals surface area contributed by atoms with Crippen molar-refractivity contribution in [2.45, 2.75) is 32.2 Å². The fourth-order valence-electron chi connectivity index (χ4n) is 2.39. The Labute approximate surface area is 150 Å². The van der Waals surface area contributed by atoms with Crippen molar-refractivity contribution in [2.75, 3.05) is 7.11 Å². The van der Waals surface area contributed by atoms with Crippen LogP contribution in [0, 0.1) is 0 Å². The second-order valence-corrected chi connectivity index (χ2v) is 7.00. The van der Waals surface area contributed by atoms with Gasteiger partial charge < -0.3 is 9.84 Å². The molecule has 1 heterocycles. The normalized spacial score (nSPS) is 17.4. The summed E-state index contributed by atoms with van der Waals surface area (Å²) >= 11 is 6.38. The predicted molar refractivity (Wildman–Crippen MR) is 99.0 cm³/mol. The maximum Gasteiger partial charge on any atom is 0.326 e. The number of thioether (sulfide) groups is 1. The number of rotatable bonds is 7. The molecule has 1 N–H and O–H groups in total. The van der Waals surface area contributed by atoms with Gasteiger partial charge in [-0.25, -0.2) is 4.79 Å². The molecular formula is C17H19NO4S2. The van der Waals surface area contributed by atoms with E-state index in [1.807, 2.05) is 25.1 Å². The Morgan fingerprint density at radius 1 is 1.50 bits per heavy atom. The van der Waals surface area contributed by atoms with Crippen LogP contribution in [-0.2, 0) is 9.59 Å². The highest BCUT2D eigenvalue weighted by Gasteiger charge is 2.40. The monoisotopic (exact) mass is 365 g/mol. The number of carbonyl (C=O) groups is 2. The standard InChI is InChI=1S/C17H19NO4S2/c1-3-4-8-13(16(20)21)18-15(19)14(24-17(18)23)10-11-6-5-7-12(9-11)22-2/h5-7,9-10,13H,3-4,8H2,1-2H3,(H,20,21)/b14-10-. The third kappa shape index (κ3) is 4.15. The van der Waals surface area contributed by atoms with Gasteiger partial charge in [-0.15, -0.1) is 0 Å². The molecular weight excluding hydrogens is 346 g/mol. The Kier molecular flexibility index (Phi) is 6.39. The first-order chi connectivity index (χ1) is 11.5. The quantitative estimate of drug-likeness (QED) is 0.589. The maximum absolute atomic E-state index is 12.6. The van der Waals surface area contributed by atoms with E-state index in [1.165, 1.54) is 4.90 Å². The van der Waals surface area contributed by atoms with Gasteiger partial charge in [0.15, 0.2) is 0 Å². The van der Waals surface area contributed by atoms with Gasteiger partial charge in [0.2, 0.25) is 0 Å². The van der Waals surface area contributed by atoms with Crippen LogP contribution >= 0.6 is 24.0 Å². The van der Waals surface area contributed by atoms with E-state index in [0.29, 0.717) is 17.1 Å². The van der Waals surface area contributed by atoms with Crippen LogP contribution in [0.15, 0.2) is 29.2 Å². The summed E-state index contributed by atoms with van der Waals surface area (Å²) in [7, 11) is 1.57. The Hall–Kier alpha value is -1.86. The highest BCUT2D eigenvalue weighted by atomic mass is 32.2. The molecule has 1 aromatic rings. The number of hydrogen-bond acceptors (Lipinski definition) is 5. The molecule has 128 valence electrons. The minimum Gasteiger partial charge on any atom is -0.497 e. The molecule has 0 saturated carbocycles. The van der Waals surface area contributed by atoms with Crippen LogP contribution in [-0.4, -0.2) is 39.4 Å². The first-order valence-corrected chi connectivity index (χ1v) is 8.84. The molecule has 0 aromatic heterocycles. The van der Waals surface area contributed by atoms with Crippen molar-refractivity contribution in [1.82, 2.24) is 4.90 Å². The van der Waals surface area contributed by atoms with Gasteiger partial charge in [0.05, 0.1) is 12.0 Å². The minimum atomic E-state index is -1.03. The molecule has 7 heteroatoms. The molecule has 1 fully saturated rings. The smallest absolute Gasteiger partial charge is 0.326 e. The molecule has 1 aliphatic heterocycles. The molecule has 1 unspecified atom stereocenters. The number of ether oxygens (including phenoxy) is 1. The van der Waals surface area contributed by atoms with Crippen molar-refractivity contribution in [2.24, 2.45) is 0 Å². The van der Waals surface area contributed by atoms with Gasteiger partial charge in [-0.2, -0.15) is 0 Å². The summed E-state index contributed by atoms with van der Waals surface area (Å²) in [6.07, 6.45) is 3.69. The fraction of sp³-hybridized carbons (Fsp3) is 0.353. The molecule has 1 atom stereocenters. The Balaban J connectivity index is 2.26. The zero-order valence-electron chi connectivity index (χ0n) is 13.5. The maximum atomic E-state index is 12.6. The van der Waals surface area contributed by atoms with Crippen LogP contribution in [0.5, 0.6) is 5.75 Å². The average Bonchev–Trinajstić information content (AvgIpc) is 2.82. The lowest BCUT2D eigenvalue weighted by Crippen LogP contribution is -2.43. The van der Waals surface area contributed by atoms with E-state index in [2.05, 4.69) is 0 Å². The zero-order valence-corrected chi connectivity index (χ0v) is 15.2. The third-order valence-electron chi connectivity index (χ3n) is 3.64. The summed E-state index contributed by atoms with van der Waals surface area (Å²) < 4.78 is 5.46. The molecule has 0 radical (unpaired) electrons. The second-order valence-electron chi connectivity index (χ2n) is 5.32. The van der Waals surface area contributed by atoms with Gasteiger partial charge in [-0.1, -0.05) is 55.9 Å². The van der Waals surface area contributed by atoms with E-state index >= 15 is 0 Å². The topological polar surface area (TPSA) is 66.8 Å². The molecule has 0 aliphatic carbocycles. The first kappa shape index (κ1) is 18.5. The Morgan fingerprint density at radius 2 is 2.25 bits per heavy atom. The Bertz CT molecular complexity index is 687. The number of aliphatic carboxylic acids is 1. The van der Waals surface area contributed by atoms with E-state index in [0.717, 1.165) is 30.2 Å². The van der Waals surface area contributed by atoms with Gasteiger partial charge in [-0.3, -0.25) is 9.69 Å². The number of amides is 1. The number of carbonyl (C=O) groups excluding carboxylic acids is 1. The summed E-state index contributed by atoms with van der Waals surface area (Å²) in [6.45, 7) is 1.98. The largest absolute Gasteiger partial charge is 0.497 e. The van der Waals surface area contributed by atoms with Crippen molar-refractivity contribution < 1.29 is 19.4 Å². The zero-order chi connectivity index (χ0) is 17.7. The summed E-state index contributed by atoms with van der Waals surface area (Å²) in [5.41, 5.74) is 0.801. The molecule has 1 saturated heterocycles. The van der Waals surface area contributed by atoms with Crippen molar-refractivity contribution >= 4 is 46.3 Å². The van der Waals surface area contributed by atoms with E-state index in [-0.39, 0.29) is 10.2 Å². The van der Waals surface area contributed by atoms with Crippen molar-refractivity contribution in [3.63, 3.8) is 0 Å². The van der Waals surface area contributed by atoms with Crippen LogP contribution in [0.3, 0.4) is 0 Å². The van der Waals surface area contributed by atoms with Gasteiger partial charge >= 0.3 is 5.97 Å². The number of nitrogens with zero attached hydrogens (tertiary/aromatic N) is 1. The summed E-state index contributed by atoms with van der Waals surface area (Å²) in [4.78, 5) is 25.8. The highest BCUT2D eigenvalue weighted by molar-refractivity contribution is 8.26. The average molecular weight is 365 g/mol. The second kappa shape index (κ2) is 8.30. The number of thiocarbonyl (C=S) groups is 1. The number of hydrogen-bond donors (Lipinski definition) is 1. The molecule has 1 aliphatic rings. The van der Waals surface area contributed by atoms with Crippen molar-refractivity contribution in [3.05, 3.63) is 34.7 Å². The Morgan fingerprint density at radius 3 is 2.88 bits per heavy atom. The SMILES string of the molecule is CCCCC(C(=O)O)N1C(=O)/C(=C/c2cccc(OC)c2)SC1=S. The lowest BCUT2D eigenvalue weighted by atomic mass is 10.1. The summed E-state index contributed by atoms with van der Waals surface area (Å²) in [5, 5.41) is 9.44. The van der Waals surface area contributed by atoms with E-state index < -0.39 is 12.0 Å². The molecule has 1 aromatic carbocycles. The molecule has 5 nitrogen and oxygen atoms in total. The van der Waals surface area contributed by atoms with Crippen LogP contribution in [0.25, 0.3) is 6.08 Å². The molecule has 2 rings (SSSR count). The van der Waals surface area contributed by atoms with Crippen molar-refractivity contribution in [1.29, 1.82) is 0 Å². The van der Waals surface area contributed by atoms with Crippen molar-refractivity contribution in [3.8, 4) is 5.75 Å². The van der Waals surface area contributed by atoms with Crippen LogP contribution < -0.4 is 4.74 Å². The molecule has 1 amide bonds. The number of carboxylic acids is 1. The molecule has 0 bridgehead atoms. The van der Waals surface area contributed by atoms with E-state index in [4.69, 9.17) is 17.0 Å². The van der Waals surface area contributed by atoms with Gasteiger partial charge in [0.25, 0.3) is 5.91 Å². The van der Waals surface area contributed by atoms with E-state index in [1.54, 1.807) is 19.3 Å². The van der Waals surface area contributed by atoms with E-state index in [9.17, 15) is 14.7 Å². The van der Waals surface area contributed by atoms with Gasteiger partial charge in [0.1, 0.15) is 16.1 Å². The lowest BCUT2D eigenvalue weighted by molar-refractivity contribution is -0.145. The van der Waals surface area contributed by atoms with Crippen LogP contribution in [0.1, 0.15) is 31.7 Å². The summed E-state index contributed by atoms with van der Waals surface area (Å²) in [5.74, 6) is -0.690. The lowest BCUT2D eigenvalue weighted by Gasteiger charge is -2.22. The number of methoxy groups -OCH3 is 1. The first-order valence-electron chi connectivity index (χ1n) is 7.61. The molecule has 24 heavy (non-hydrogen) atoms. The fourth-order valence-corrected chi connectivity index (χ4v) is 3.75. The highest BCUT2D eigenvalue weighted by Crippen LogP contribution is 2.35.